The quantitative estimate of drug-likeness (QED) is 0.309. The standard InChI is InChI=1S/C29H35ClN6O2/c1-5-29(3,4)36-27(32-33-34-36)26(24-16-21-11-8-19(2)15-25(21)31-28(24)37)35(18-23-7-6-14-38-23)17-20-9-12-22(30)13-10-20/h8-13,15-16,23,26H,5-7,14,17-18H2,1-4H3,(H,31,37)/t23-,26-/m1/s1. The topological polar surface area (TPSA) is 88.9 Å². The van der Waals surface area contributed by atoms with Crippen molar-refractivity contribution < 1.29 is 4.74 Å². The number of fused-ring (bicyclic) bond motifs is 1. The molecule has 1 aliphatic rings. The average molecular weight is 535 g/mol. The van der Waals surface area contributed by atoms with E-state index >= 15 is 0 Å². The summed E-state index contributed by atoms with van der Waals surface area (Å²) in [6, 6.07) is 15.4. The Hall–Kier alpha value is -3.07. The lowest BCUT2D eigenvalue weighted by molar-refractivity contribution is 0.0562. The Labute approximate surface area is 228 Å². The third kappa shape index (κ3) is 5.53. The molecule has 0 saturated carbocycles. The van der Waals surface area contributed by atoms with Crippen LogP contribution in [0.4, 0.5) is 0 Å². The Morgan fingerprint density at radius 3 is 2.71 bits per heavy atom. The number of hydrogen-bond donors (Lipinski definition) is 1. The number of benzene rings is 2. The van der Waals surface area contributed by atoms with Crippen LogP contribution in [0.25, 0.3) is 10.9 Å². The Bertz CT molecular complexity index is 1460. The van der Waals surface area contributed by atoms with E-state index < -0.39 is 6.04 Å². The van der Waals surface area contributed by atoms with Crippen LogP contribution in [-0.2, 0) is 16.8 Å². The molecule has 8 nitrogen and oxygen atoms in total. The van der Waals surface area contributed by atoms with Gasteiger partial charge < -0.3 is 9.72 Å². The molecule has 2 aromatic carbocycles. The molecule has 0 aliphatic carbocycles. The molecule has 38 heavy (non-hydrogen) atoms. The monoisotopic (exact) mass is 534 g/mol. The first-order valence-electron chi connectivity index (χ1n) is 13.3. The largest absolute Gasteiger partial charge is 0.377 e. The summed E-state index contributed by atoms with van der Waals surface area (Å²) in [7, 11) is 0. The molecule has 1 fully saturated rings. The number of pyridine rings is 1. The van der Waals surface area contributed by atoms with Crippen molar-refractivity contribution in [2.24, 2.45) is 0 Å². The number of ether oxygens (including phenoxy) is 1. The van der Waals surface area contributed by atoms with Crippen LogP contribution in [0.5, 0.6) is 0 Å². The SMILES string of the molecule is CCC(C)(C)n1nnnc1[C@@H](c1cc2ccc(C)cc2[nH]c1=O)N(Cc1ccc(Cl)cc1)C[C@H]1CCCO1. The van der Waals surface area contributed by atoms with Gasteiger partial charge in [0.1, 0.15) is 6.04 Å². The lowest BCUT2D eigenvalue weighted by Gasteiger charge is -2.34. The van der Waals surface area contributed by atoms with Crippen LogP contribution >= 0.6 is 11.6 Å². The van der Waals surface area contributed by atoms with Crippen molar-refractivity contribution in [3.63, 3.8) is 0 Å². The van der Waals surface area contributed by atoms with Gasteiger partial charge in [-0.3, -0.25) is 9.69 Å². The van der Waals surface area contributed by atoms with E-state index in [0.717, 1.165) is 47.9 Å². The minimum absolute atomic E-state index is 0.0653. The van der Waals surface area contributed by atoms with E-state index in [2.05, 4.69) is 52.2 Å². The van der Waals surface area contributed by atoms with Crippen LogP contribution < -0.4 is 5.56 Å². The van der Waals surface area contributed by atoms with E-state index in [-0.39, 0.29) is 17.2 Å². The maximum absolute atomic E-state index is 13.7. The number of aromatic amines is 1. The van der Waals surface area contributed by atoms with Gasteiger partial charge in [-0.25, -0.2) is 4.68 Å². The fraction of sp³-hybridized carbons (Fsp3) is 0.448. The van der Waals surface area contributed by atoms with Crippen molar-refractivity contribution in [1.82, 2.24) is 30.1 Å². The van der Waals surface area contributed by atoms with E-state index in [9.17, 15) is 4.79 Å². The Morgan fingerprint density at radius 1 is 1.21 bits per heavy atom. The van der Waals surface area contributed by atoms with Gasteiger partial charge in [0.05, 0.1) is 11.6 Å². The van der Waals surface area contributed by atoms with Gasteiger partial charge in [-0.15, -0.1) is 5.10 Å². The van der Waals surface area contributed by atoms with Gasteiger partial charge in [0.15, 0.2) is 5.82 Å². The molecule has 2 aromatic heterocycles. The molecule has 0 amide bonds. The molecule has 0 unspecified atom stereocenters. The predicted molar refractivity (Wildman–Crippen MR) is 149 cm³/mol. The normalized spacial score (nSPS) is 16.9. The van der Waals surface area contributed by atoms with E-state index in [1.54, 1.807) is 0 Å². The van der Waals surface area contributed by atoms with Crippen molar-refractivity contribution >= 4 is 22.5 Å². The van der Waals surface area contributed by atoms with Crippen molar-refractivity contribution in [2.75, 3.05) is 13.2 Å². The van der Waals surface area contributed by atoms with Gasteiger partial charge in [-0.1, -0.05) is 42.8 Å². The highest BCUT2D eigenvalue weighted by molar-refractivity contribution is 6.30. The highest BCUT2D eigenvalue weighted by atomic mass is 35.5. The lowest BCUT2D eigenvalue weighted by Crippen LogP contribution is -2.41. The zero-order valence-corrected chi connectivity index (χ0v) is 23.2. The van der Waals surface area contributed by atoms with Gasteiger partial charge in [0, 0.05) is 35.8 Å². The highest BCUT2D eigenvalue weighted by Gasteiger charge is 2.36. The summed E-state index contributed by atoms with van der Waals surface area (Å²) in [4.78, 5) is 19.1. The molecule has 2 atom stereocenters. The molecule has 200 valence electrons. The number of nitrogens with one attached hydrogen (secondary N) is 1. The molecule has 1 saturated heterocycles. The number of rotatable bonds is 9. The van der Waals surface area contributed by atoms with Crippen LogP contribution in [0.2, 0.25) is 5.02 Å². The molecule has 0 spiro atoms. The molecular weight excluding hydrogens is 500 g/mol. The van der Waals surface area contributed by atoms with Crippen molar-refractivity contribution in [1.29, 1.82) is 0 Å². The van der Waals surface area contributed by atoms with E-state index in [0.29, 0.717) is 29.5 Å². The number of nitrogens with zero attached hydrogens (tertiary/aromatic N) is 5. The first-order chi connectivity index (χ1) is 18.2. The molecule has 0 radical (unpaired) electrons. The summed E-state index contributed by atoms with van der Waals surface area (Å²) in [5, 5.41) is 14.7. The predicted octanol–water partition coefficient (Wildman–Crippen LogP) is 5.39. The summed E-state index contributed by atoms with van der Waals surface area (Å²) in [5.74, 6) is 0.640. The Balaban J connectivity index is 1.69. The summed E-state index contributed by atoms with van der Waals surface area (Å²) in [5.41, 5.74) is 3.11. The second kappa shape index (κ2) is 11.0. The Morgan fingerprint density at radius 2 is 2.00 bits per heavy atom. The highest BCUT2D eigenvalue weighted by Crippen LogP contribution is 2.33. The zero-order valence-electron chi connectivity index (χ0n) is 22.4. The van der Waals surface area contributed by atoms with E-state index in [4.69, 9.17) is 16.3 Å². The minimum Gasteiger partial charge on any atom is -0.377 e. The van der Waals surface area contributed by atoms with Crippen LogP contribution in [0, 0.1) is 6.92 Å². The van der Waals surface area contributed by atoms with Crippen molar-refractivity contribution in [3.05, 3.63) is 86.4 Å². The first-order valence-corrected chi connectivity index (χ1v) is 13.7. The fourth-order valence-electron chi connectivity index (χ4n) is 5.11. The maximum atomic E-state index is 13.7. The van der Waals surface area contributed by atoms with Crippen LogP contribution in [-0.4, -0.2) is 49.3 Å². The molecule has 3 heterocycles. The number of halogens is 1. The van der Waals surface area contributed by atoms with Crippen LogP contribution in [0.15, 0.2) is 53.3 Å². The lowest BCUT2D eigenvalue weighted by atomic mass is 9.98. The van der Waals surface area contributed by atoms with Gasteiger partial charge in [-0.2, -0.15) is 0 Å². The third-order valence-electron chi connectivity index (χ3n) is 7.63. The number of aromatic nitrogens is 5. The van der Waals surface area contributed by atoms with Gasteiger partial charge in [-0.05, 0) is 91.2 Å². The molecule has 1 N–H and O–H groups in total. The van der Waals surface area contributed by atoms with E-state index in [1.807, 2.05) is 54.1 Å². The van der Waals surface area contributed by atoms with Gasteiger partial charge in [0.25, 0.3) is 5.56 Å². The summed E-state index contributed by atoms with van der Waals surface area (Å²) in [6.45, 7) is 10.3. The first kappa shape index (κ1) is 26.5. The summed E-state index contributed by atoms with van der Waals surface area (Å²) >= 11 is 6.19. The van der Waals surface area contributed by atoms with E-state index in [1.165, 1.54) is 0 Å². The van der Waals surface area contributed by atoms with Crippen molar-refractivity contribution in [3.8, 4) is 0 Å². The fourth-order valence-corrected chi connectivity index (χ4v) is 5.24. The van der Waals surface area contributed by atoms with Gasteiger partial charge in [0.2, 0.25) is 0 Å². The molecular formula is C29H35ClN6O2. The molecule has 1 aliphatic heterocycles. The number of tetrazole rings is 1. The smallest absolute Gasteiger partial charge is 0.253 e. The number of hydrogen-bond acceptors (Lipinski definition) is 6. The zero-order chi connectivity index (χ0) is 26.9. The summed E-state index contributed by atoms with van der Waals surface area (Å²) < 4.78 is 7.94. The Kier molecular flexibility index (Phi) is 7.66. The third-order valence-corrected chi connectivity index (χ3v) is 7.88. The summed E-state index contributed by atoms with van der Waals surface area (Å²) in [6.07, 6.45) is 2.90. The van der Waals surface area contributed by atoms with Crippen LogP contribution in [0.3, 0.4) is 0 Å². The molecule has 4 aromatic rings. The molecule has 5 rings (SSSR count). The second-order valence-corrected chi connectivity index (χ2v) is 11.3. The van der Waals surface area contributed by atoms with Crippen LogP contribution in [0.1, 0.15) is 68.6 Å². The molecule has 0 bridgehead atoms. The average Bonchev–Trinajstić information content (AvgIpc) is 3.59. The molecule has 9 heteroatoms. The van der Waals surface area contributed by atoms with Gasteiger partial charge >= 0.3 is 0 Å². The second-order valence-electron chi connectivity index (χ2n) is 10.9. The number of H-pyrrole nitrogens is 1. The number of aryl methyl sites for hydroxylation is 1. The minimum atomic E-state index is -0.495. The van der Waals surface area contributed by atoms with Crippen molar-refractivity contribution in [2.45, 2.75) is 71.2 Å². The maximum Gasteiger partial charge on any atom is 0.253 e.